The van der Waals surface area contributed by atoms with Gasteiger partial charge in [0, 0.05) is 0 Å². The van der Waals surface area contributed by atoms with E-state index in [-0.39, 0.29) is 12.3 Å². The lowest BCUT2D eigenvalue weighted by Crippen LogP contribution is -2.20. The van der Waals surface area contributed by atoms with Gasteiger partial charge in [0.1, 0.15) is 6.10 Å². The molecule has 0 unspecified atom stereocenters. The van der Waals surface area contributed by atoms with Crippen LogP contribution in [0.15, 0.2) is 12.3 Å². The van der Waals surface area contributed by atoms with E-state index in [1.54, 1.807) is 13.8 Å². The van der Waals surface area contributed by atoms with Crippen molar-refractivity contribution in [3.05, 3.63) is 23.8 Å². The molecule has 0 saturated carbocycles. The normalized spacial score (nSPS) is 21.8. The minimum absolute atomic E-state index is 0.152. The molecule has 7 heteroatoms. The number of pyridine rings is 1. The van der Waals surface area contributed by atoms with Crippen molar-refractivity contribution in [3.8, 4) is 0 Å². The Bertz CT molecular complexity index is 478. The van der Waals surface area contributed by atoms with Crippen molar-refractivity contribution in [1.82, 2.24) is 4.98 Å². The van der Waals surface area contributed by atoms with Gasteiger partial charge in [0.05, 0.1) is 24.2 Å². The fourth-order valence-electron chi connectivity index (χ4n) is 1.67. The maximum absolute atomic E-state index is 13.3. The van der Waals surface area contributed by atoms with E-state index in [2.05, 4.69) is 4.98 Å². The minimum Gasteiger partial charge on any atom is -0.465 e. The summed E-state index contributed by atoms with van der Waals surface area (Å²) >= 11 is 0. The average molecular weight is 256 g/mol. The van der Waals surface area contributed by atoms with Gasteiger partial charge in [-0.05, 0) is 19.9 Å². The van der Waals surface area contributed by atoms with E-state index in [4.69, 9.17) is 14.6 Å². The van der Waals surface area contributed by atoms with Crippen LogP contribution in [0.25, 0.3) is 0 Å². The standard InChI is InChI=1S/C11H13FN2O4/c1-11(2)17-5-9(18-11)8-3-7(14-10(15)16)6(12)4-13-8/h3-4,9H,5H2,1-2H3,(H,13,14)(H,15,16)/t9-/m0/s1. The highest BCUT2D eigenvalue weighted by atomic mass is 19.1. The van der Waals surface area contributed by atoms with Crippen molar-refractivity contribution in [1.29, 1.82) is 0 Å². The van der Waals surface area contributed by atoms with Crippen LogP contribution in [0.5, 0.6) is 0 Å². The van der Waals surface area contributed by atoms with E-state index in [1.165, 1.54) is 6.07 Å². The average Bonchev–Trinajstić information content (AvgIpc) is 2.61. The van der Waals surface area contributed by atoms with Crippen molar-refractivity contribution < 1.29 is 23.8 Å². The minimum atomic E-state index is -1.34. The van der Waals surface area contributed by atoms with Gasteiger partial charge in [-0.2, -0.15) is 0 Å². The molecule has 0 spiro atoms. The van der Waals surface area contributed by atoms with Crippen LogP contribution in [0, 0.1) is 5.82 Å². The summed E-state index contributed by atoms with van der Waals surface area (Å²) in [6, 6.07) is 1.30. The first kappa shape index (κ1) is 12.7. The highest BCUT2D eigenvalue weighted by Crippen LogP contribution is 2.32. The van der Waals surface area contributed by atoms with Crippen molar-refractivity contribution >= 4 is 11.8 Å². The molecule has 0 aromatic carbocycles. The first-order chi connectivity index (χ1) is 8.37. The molecule has 1 aliphatic rings. The Morgan fingerprint density at radius 2 is 2.39 bits per heavy atom. The summed E-state index contributed by atoms with van der Waals surface area (Å²) in [5.41, 5.74) is 0.270. The molecule has 1 amide bonds. The number of halogens is 1. The van der Waals surface area contributed by atoms with Gasteiger partial charge in [0.25, 0.3) is 0 Å². The number of hydrogen-bond donors (Lipinski definition) is 2. The third kappa shape index (κ3) is 2.74. The van der Waals surface area contributed by atoms with Crippen LogP contribution in [-0.4, -0.2) is 28.6 Å². The number of nitrogens with zero attached hydrogens (tertiary/aromatic N) is 1. The van der Waals surface area contributed by atoms with Crippen LogP contribution in [0.1, 0.15) is 25.6 Å². The third-order valence-electron chi connectivity index (χ3n) is 2.46. The van der Waals surface area contributed by atoms with Crippen molar-refractivity contribution in [3.63, 3.8) is 0 Å². The van der Waals surface area contributed by atoms with E-state index in [0.29, 0.717) is 5.69 Å². The molecule has 6 nitrogen and oxygen atoms in total. The molecule has 1 atom stereocenters. The number of hydrogen-bond acceptors (Lipinski definition) is 4. The molecular formula is C11H13FN2O4. The van der Waals surface area contributed by atoms with Gasteiger partial charge in [-0.15, -0.1) is 0 Å². The number of carbonyl (C=O) groups is 1. The molecule has 1 aliphatic heterocycles. The second-order valence-corrected chi connectivity index (χ2v) is 4.34. The summed E-state index contributed by atoms with van der Waals surface area (Å²) in [7, 11) is 0. The smallest absolute Gasteiger partial charge is 0.409 e. The van der Waals surface area contributed by atoms with Gasteiger partial charge < -0.3 is 14.6 Å². The van der Waals surface area contributed by atoms with Crippen molar-refractivity contribution in [2.45, 2.75) is 25.7 Å². The van der Waals surface area contributed by atoms with Crippen LogP contribution >= 0.6 is 0 Å². The molecule has 98 valence electrons. The number of rotatable bonds is 2. The molecule has 2 N–H and O–H groups in total. The molecule has 0 radical (unpaired) electrons. The largest absolute Gasteiger partial charge is 0.465 e. The van der Waals surface area contributed by atoms with Gasteiger partial charge in [0.2, 0.25) is 0 Å². The first-order valence-corrected chi connectivity index (χ1v) is 5.34. The molecule has 1 fully saturated rings. The molecule has 2 rings (SSSR count). The number of ether oxygens (including phenoxy) is 2. The van der Waals surface area contributed by atoms with Crippen LogP contribution in [0.2, 0.25) is 0 Å². The Morgan fingerprint density at radius 1 is 1.67 bits per heavy atom. The Kier molecular flexibility index (Phi) is 3.18. The number of anilines is 1. The maximum Gasteiger partial charge on any atom is 0.409 e. The molecule has 0 aliphatic carbocycles. The molecule has 1 aromatic rings. The van der Waals surface area contributed by atoms with Crippen LogP contribution in [0.4, 0.5) is 14.9 Å². The SMILES string of the molecule is CC1(C)OC[C@@H](c2cc(NC(=O)O)c(F)cn2)O1. The first-order valence-electron chi connectivity index (χ1n) is 5.34. The zero-order valence-electron chi connectivity index (χ0n) is 9.94. The summed E-state index contributed by atoms with van der Waals surface area (Å²) in [5.74, 6) is -1.46. The molecule has 2 heterocycles. The van der Waals surface area contributed by atoms with Crippen molar-refractivity contribution in [2.24, 2.45) is 0 Å². The lowest BCUT2D eigenvalue weighted by Gasteiger charge is -2.17. The highest BCUT2D eigenvalue weighted by molar-refractivity contribution is 5.82. The predicted molar refractivity (Wildman–Crippen MR) is 59.7 cm³/mol. The topological polar surface area (TPSA) is 80.7 Å². The fourth-order valence-corrected chi connectivity index (χ4v) is 1.67. The van der Waals surface area contributed by atoms with Gasteiger partial charge in [-0.1, -0.05) is 0 Å². The van der Waals surface area contributed by atoms with E-state index < -0.39 is 23.8 Å². The van der Waals surface area contributed by atoms with Crippen LogP contribution < -0.4 is 5.32 Å². The quantitative estimate of drug-likeness (QED) is 0.847. The fraction of sp³-hybridized carbons (Fsp3) is 0.455. The number of nitrogens with one attached hydrogen (secondary N) is 1. The summed E-state index contributed by atoms with van der Waals surface area (Å²) in [6.07, 6.45) is -0.820. The molecule has 0 bridgehead atoms. The number of carboxylic acid groups (broad SMARTS) is 1. The van der Waals surface area contributed by atoms with Gasteiger partial charge in [-0.3, -0.25) is 10.3 Å². The third-order valence-corrected chi connectivity index (χ3v) is 2.46. The lowest BCUT2D eigenvalue weighted by molar-refractivity contribution is -0.139. The molecule has 1 saturated heterocycles. The zero-order valence-corrected chi connectivity index (χ0v) is 9.94. The van der Waals surface area contributed by atoms with E-state index >= 15 is 0 Å². The Hall–Kier alpha value is -1.73. The van der Waals surface area contributed by atoms with E-state index in [0.717, 1.165) is 6.20 Å². The van der Waals surface area contributed by atoms with E-state index in [9.17, 15) is 9.18 Å². The van der Waals surface area contributed by atoms with Gasteiger partial charge in [-0.25, -0.2) is 9.18 Å². The number of amides is 1. The molecule has 18 heavy (non-hydrogen) atoms. The Morgan fingerprint density at radius 3 is 2.94 bits per heavy atom. The van der Waals surface area contributed by atoms with Crippen LogP contribution in [-0.2, 0) is 9.47 Å². The van der Waals surface area contributed by atoms with Gasteiger partial charge >= 0.3 is 6.09 Å². The Labute approximate surface area is 103 Å². The monoisotopic (exact) mass is 256 g/mol. The summed E-state index contributed by atoms with van der Waals surface area (Å²) in [6.45, 7) is 3.80. The second-order valence-electron chi connectivity index (χ2n) is 4.34. The molecule has 1 aromatic heterocycles. The predicted octanol–water partition coefficient (Wildman–Crippen LogP) is 2.13. The zero-order chi connectivity index (χ0) is 13.3. The van der Waals surface area contributed by atoms with Crippen LogP contribution in [0.3, 0.4) is 0 Å². The van der Waals surface area contributed by atoms with Gasteiger partial charge in [0.15, 0.2) is 11.6 Å². The van der Waals surface area contributed by atoms with Crippen molar-refractivity contribution in [2.75, 3.05) is 11.9 Å². The maximum atomic E-state index is 13.3. The summed E-state index contributed by atoms with van der Waals surface area (Å²) in [4.78, 5) is 14.4. The highest BCUT2D eigenvalue weighted by Gasteiger charge is 2.34. The summed E-state index contributed by atoms with van der Waals surface area (Å²) < 4.78 is 24.2. The second kappa shape index (κ2) is 4.51. The summed E-state index contributed by atoms with van der Waals surface area (Å²) in [5, 5.41) is 10.5. The Balaban J connectivity index is 2.22. The molecular weight excluding hydrogens is 243 g/mol. The number of aromatic nitrogens is 1. The van der Waals surface area contributed by atoms with E-state index in [1.807, 2.05) is 5.32 Å². The lowest BCUT2D eigenvalue weighted by atomic mass is 10.2.